The number of benzene rings is 2. The van der Waals surface area contributed by atoms with Crippen molar-refractivity contribution in [3.63, 3.8) is 0 Å². The maximum atomic E-state index is 13.5. The van der Waals surface area contributed by atoms with Gasteiger partial charge in [-0.1, -0.05) is 5.92 Å². The van der Waals surface area contributed by atoms with Gasteiger partial charge < -0.3 is 0 Å². The topological polar surface area (TPSA) is 73.0 Å². The number of fused-ring (bicyclic) bond motifs is 1. The number of sulfonamides is 1. The summed E-state index contributed by atoms with van der Waals surface area (Å²) >= 11 is 0. The van der Waals surface area contributed by atoms with E-state index in [0.29, 0.717) is 31.8 Å². The van der Waals surface area contributed by atoms with Crippen molar-refractivity contribution in [1.29, 1.82) is 0 Å². The van der Waals surface area contributed by atoms with Gasteiger partial charge in [0.25, 0.3) is 0 Å². The van der Waals surface area contributed by atoms with Gasteiger partial charge in [-0.05, 0) is 73.7 Å². The van der Waals surface area contributed by atoms with E-state index in [9.17, 15) is 12.8 Å². The van der Waals surface area contributed by atoms with Crippen LogP contribution in [0.3, 0.4) is 0 Å². The highest BCUT2D eigenvalue weighted by Crippen LogP contribution is 2.42. The summed E-state index contributed by atoms with van der Waals surface area (Å²) in [7, 11) is -1.95. The molecule has 190 valence electrons. The number of nitrogens with zero attached hydrogens (tertiary/aromatic N) is 5. The predicted molar refractivity (Wildman–Crippen MR) is 139 cm³/mol. The second-order valence-corrected chi connectivity index (χ2v) is 12.2. The van der Waals surface area contributed by atoms with Crippen LogP contribution >= 0.6 is 0 Å². The molecule has 37 heavy (non-hydrogen) atoms. The third-order valence-corrected chi connectivity index (χ3v) is 9.30. The van der Waals surface area contributed by atoms with Crippen LogP contribution in [-0.2, 0) is 22.5 Å². The van der Waals surface area contributed by atoms with Crippen LogP contribution in [0.1, 0.15) is 36.8 Å². The highest BCUT2D eigenvalue weighted by Gasteiger charge is 2.45. The lowest BCUT2D eigenvalue weighted by atomic mass is 9.75. The summed E-state index contributed by atoms with van der Waals surface area (Å²) in [5, 5.41) is 9.58. The van der Waals surface area contributed by atoms with Gasteiger partial charge in [-0.3, -0.25) is 4.68 Å². The molecular weight excluding hydrogens is 489 g/mol. The molecule has 1 saturated heterocycles. The molecule has 7 nitrogen and oxygen atoms in total. The Bertz CT molecular complexity index is 1660. The van der Waals surface area contributed by atoms with E-state index >= 15 is 0 Å². The molecule has 2 fully saturated rings. The molecule has 0 bridgehead atoms. The van der Waals surface area contributed by atoms with Gasteiger partial charge in [-0.15, -0.1) is 5.92 Å². The van der Waals surface area contributed by atoms with Gasteiger partial charge in [0, 0.05) is 49.5 Å². The van der Waals surface area contributed by atoms with Gasteiger partial charge in [-0.25, -0.2) is 17.5 Å². The fourth-order valence-electron chi connectivity index (χ4n) is 5.31. The lowest BCUT2D eigenvalue weighted by Crippen LogP contribution is -2.35. The standard InChI is InChI=1S/C28H28FN5O2S/c1-20-14-27-22(16-31-34(27)24-9-7-23(29)8-10-24)15-26(20)28(11-3-4-21-5-6-21)12-13-33(19-28)37(35,36)25-17-30-32(2)18-25/h7-10,14-18,21H,5-6,11-13,19H2,1-2H3. The van der Waals surface area contributed by atoms with Crippen LogP contribution < -0.4 is 0 Å². The maximum absolute atomic E-state index is 13.5. The first-order chi connectivity index (χ1) is 17.7. The zero-order valence-electron chi connectivity index (χ0n) is 20.9. The Balaban J connectivity index is 1.40. The fraction of sp³-hybridized carbons (Fsp3) is 0.357. The summed E-state index contributed by atoms with van der Waals surface area (Å²) in [4.78, 5) is 0.211. The molecule has 9 heteroatoms. The SMILES string of the molecule is Cc1cc2c(cnn2-c2ccc(F)cc2)cc1C1(CC#CC2CC2)CCN(S(=O)(=O)c2cnn(C)c2)C1. The lowest BCUT2D eigenvalue weighted by Gasteiger charge is -2.30. The van der Waals surface area contributed by atoms with Gasteiger partial charge in [0.15, 0.2) is 0 Å². The molecule has 0 radical (unpaired) electrons. The Hall–Kier alpha value is -3.48. The number of rotatable bonds is 5. The van der Waals surface area contributed by atoms with Crippen molar-refractivity contribution in [3.05, 3.63) is 71.9 Å². The second-order valence-electron chi connectivity index (χ2n) is 10.2. The highest BCUT2D eigenvalue weighted by molar-refractivity contribution is 7.89. The molecule has 0 spiro atoms. The summed E-state index contributed by atoms with van der Waals surface area (Å²) < 4.78 is 45.2. The maximum Gasteiger partial charge on any atom is 0.246 e. The van der Waals surface area contributed by atoms with Crippen molar-refractivity contribution in [2.24, 2.45) is 13.0 Å². The first-order valence-corrected chi connectivity index (χ1v) is 13.9. The van der Waals surface area contributed by atoms with E-state index in [0.717, 1.165) is 40.6 Å². The summed E-state index contributed by atoms with van der Waals surface area (Å²) in [5.41, 5.74) is 3.44. The zero-order chi connectivity index (χ0) is 25.8. The molecule has 2 aromatic carbocycles. The van der Waals surface area contributed by atoms with Crippen molar-refractivity contribution in [2.45, 2.75) is 42.9 Å². The van der Waals surface area contributed by atoms with Gasteiger partial charge in [0.05, 0.1) is 23.6 Å². The molecule has 1 aliphatic heterocycles. The number of hydrogen-bond donors (Lipinski definition) is 0. The third kappa shape index (κ3) is 4.34. The molecule has 0 amide bonds. The number of aromatic nitrogens is 4. The summed E-state index contributed by atoms with van der Waals surface area (Å²) in [6, 6.07) is 10.5. The first-order valence-electron chi connectivity index (χ1n) is 12.5. The minimum absolute atomic E-state index is 0.211. The van der Waals surface area contributed by atoms with E-state index < -0.39 is 15.4 Å². The monoisotopic (exact) mass is 517 g/mol. The Morgan fingerprint density at radius 1 is 1.14 bits per heavy atom. The second kappa shape index (κ2) is 8.82. The van der Waals surface area contributed by atoms with E-state index in [4.69, 9.17) is 0 Å². The fourth-order valence-corrected chi connectivity index (χ4v) is 6.82. The Morgan fingerprint density at radius 3 is 2.62 bits per heavy atom. The Kier molecular flexibility index (Phi) is 5.70. The van der Waals surface area contributed by atoms with Crippen molar-refractivity contribution in [2.75, 3.05) is 13.1 Å². The van der Waals surface area contributed by atoms with Crippen LogP contribution in [-0.4, -0.2) is 45.4 Å². The van der Waals surface area contributed by atoms with Gasteiger partial charge in [0.1, 0.15) is 10.7 Å². The highest BCUT2D eigenvalue weighted by atomic mass is 32.2. The van der Waals surface area contributed by atoms with Gasteiger partial charge >= 0.3 is 0 Å². The third-order valence-electron chi connectivity index (χ3n) is 7.50. The van der Waals surface area contributed by atoms with E-state index in [1.54, 1.807) is 34.4 Å². The molecule has 0 N–H and O–H groups in total. The molecule has 3 heterocycles. The predicted octanol–water partition coefficient (Wildman–Crippen LogP) is 4.34. The lowest BCUT2D eigenvalue weighted by molar-refractivity contribution is 0.422. The minimum Gasteiger partial charge on any atom is -0.274 e. The van der Waals surface area contributed by atoms with Crippen molar-refractivity contribution in [1.82, 2.24) is 23.9 Å². The van der Waals surface area contributed by atoms with E-state index in [1.165, 1.54) is 23.0 Å². The van der Waals surface area contributed by atoms with Crippen molar-refractivity contribution >= 4 is 20.9 Å². The largest absolute Gasteiger partial charge is 0.274 e. The van der Waals surface area contributed by atoms with Gasteiger partial charge in [-0.2, -0.15) is 14.5 Å². The van der Waals surface area contributed by atoms with E-state index in [-0.39, 0.29) is 10.7 Å². The Morgan fingerprint density at radius 2 is 1.92 bits per heavy atom. The molecular formula is C28H28FN5O2S. The van der Waals surface area contributed by atoms with Crippen LogP contribution in [0, 0.1) is 30.5 Å². The summed E-state index contributed by atoms with van der Waals surface area (Å²) in [5.74, 6) is 6.97. The molecule has 2 aliphatic rings. The minimum atomic E-state index is -3.66. The Labute approximate surface area is 215 Å². The normalized spacial score (nSPS) is 20.3. The molecule has 1 unspecified atom stereocenters. The number of aryl methyl sites for hydroxylation is 2. The van der Waals surface area contributed by atoms with Crippen LogP contribution in [0.25, 0.3) is 16.6 Å². The van der Waals surface area contributed by atoms with E-state index in [1.807, 2.05) is 6.20 Å². The van der Waals surface area contributed by atoms with Gasteiger partial charge in [0.2, 0.25) is 10.0 Å². The van der Waals surface area contributed by atoms with Crippen LogP contribution in [0.15, 0.2) is 59.9 Å². The summed E-state index contributed by atoms with van der Waals surface area (Å²) in [6.07, 6.45) is 8.34. The zero-order valence-corrected chi connectivity index (χ0v) is 21.7. The smallest absolute Gasteiger partial charge is 0.246 e. The molecule has 1 atom stereocenters. The van der Waals surface area contributed by atoms with Crippen LogP contribution in [0.2, 0.25) is 0 Å². The number of halogens is 1. The number of hydrogen-bond acceptors (Lipinski definition) is 4. The molecule has 2 aromatic heterocycles. The summed E-state index contributed by atoms with van der Waals surface area (Å²) in [6.45, 7) is 2.85. The van der Waals surface area contributed by atoms with Crippen molar-refractivity contribution < 1.29 is 12.8 Å². The quantitative estimate of drug-likeness (QED) is 0.369. The molecule has 1 aliphatic carbocycles. The van der Waals surface area contributed by atoms with E-state index in [2.05, 4.69) is 41.1 Å². The molecule has 6 rings (SSSR count). The van der Waals surface area contributed by atoms with Crippen molar-refractivity contribution in [3.8, 4) is 17.5 Å². The molecule has 4 aromatic rings. The first kappa shape index (κ1) is 23.9. The molecule has 1 saturated carbocycles. The van der Waals surface area contributed by atoms with Crippen LogP contribution in [0.5, 0.6) is 0 Å². The average molecular weight is 518 g/mol. The van der Waals surface area contributed by atoms with Crippen LogP contribution in [0.4, 0.5) is 4.39 Å². The average Bonchev–Trinajstić information content (AvgIpc) is 3.23.